The maximum absolute atomic E-state index is 12.1. The van der Waals surface area contributed by atoms with Crippen LogP contribution < -0.4 is 16.0 Å². The lowest BCUT2D eigenvalue weighted by molar-refractivity contribution is -0.120. The van der Waals surface area contributed by atoms with Gasteiger partial charge in [0.25, 0.3) is 0 Å². The van der Waals surface area contributed by atoms with Gasteiger partial charge in [-0.1, -0.05) is 26.2 Å². The van der Waals surface area contributed by atoms with E-state index < -0.39 is 0 Å². The van der Waals surface area contributed by atoms with E-state index in [1.807, 2.05) is 0 Å². The highest BCUT2D eigenvalue weighted by Gasteiger charge is 2.20. The first kappa shape index (κ1) is 20.0. The van der Waals surface area contributed by atoms with Crippen LogP contribution >= 0.6 is 0 Å². The predicted molar refractivity (Wildman–Crippen MR) is 104 cm³/mol. The molecule has 0 bridgehead atoms. The highest BCUT2D eigenvalue weighted by Crippen LogP contribution is 2.17. The second-order valence-electron chi connectivity index (χ2n) is 7.36. The van der Waals surface area contributed by atoms with Gasteiger partial charge in [-0.25, -0.2) is 4.99 Å². The summed E-state index contributed by atoms with van der Waals surface area (Å²) in [6, 6.07) is 0.808. The van der Waals surface area contributed by atoms with E-state index in [4.69, 9.17) is 0 Å². The zero-order valence-electron chi connectivity index (χ0n) is 16.1. The highest BCUT2D eigenvalue weighted by molar-refractivity contribution is 5.85. The average Bonchev–Trinajstić information content (AvgIpc) is 2.63. The molecular weight excluding hydrogens is 314 g/mol. The van der Waals surface area contributed by atoms with Gasteiger partial charge in [0.1, 0.15) is 6.54 Å². The van der Waals surface area contributed by atoms with Crippen molar-refractivity contribution in [2.45, 2.75) is 77.3 Å². The van der Waals surface area contributed by atoms with Gasteiger partial charge < -0.3 is 20.9 Å². The second kappa shape index (κ2) is 11.3. The number of nitrogens with one attached hydrogen (secondary N) is 3. The van der Waals surface area contributed by atoms with E-state index in [0.29, 0.717) is 12.1 Å². The molecule has 0 aromatic rings. The number of hydrogen-bond donors (Lipinski definition) is 3. The van der Waals surface area contributed by atoms with Gasteiger partial charge in [-0.2, -0.15) is 0 Å². The molecule has 2 aliphatic rings. The van der Waals surface area contributed by atoms with Crippen LogP contribution in [-0.4, -0.2) is 61.6 Å². The van der Waals surface area contributed by atoms with Gasteiger partial charge in [0, 0.05) is 31.7 Å². The van der Waals surface area contributed by atoms with Crippen molar-refractivity contribution in [3.8, 4) is 0 Å². The molecule has 25 heavy (non-hydrogen) atoms. The number of likely N-dealkylation sites (tertiary alicyclic amines) is 1. The molecule has 0 unspecified atom stereocenters. The number of guanidine groups is 1. The largest absolute Gasteiger partial charge is 0.357 e. The number of carbonyl (C=O) groups is 1. The van der Waals surface area contributed by atoms with Crippen molar-refractivity contribution in [3.63, 3.8) is 0 Å². The molecule has 1 aliphatic heterocycles. The molecule has 144 valence electrons. The number of amides is 1. The molecule has 1 saturated heterocycles. The first-order valence-electron chi connectivity index (χ1n) is 10.3. The summed E-state index contributed by atoms with van der Waals surface area (Å²) in [4.78, 5) is 19.2. The minimum atomic E-state index is 0.0434. The summed E-state index contributed by atoms with van der Waals surface area (Å²) < 4.78 is 0. The molecule has 1 amide bonds. The number of aliphatic imine (C=N–C) groups is 1. The van der Waals surface area contributed by atoms with Crippen LogP contribution in [0.1, 0.15) is 65.2 Å². The van der Waals surface area contributed by atoms with E-state index in [9.17, 15) is 4.79 Å². The molecule has 1 heterocycles. The van der Waals surface area contributed by atoms with E-state index in [-0.39, 0.29) is 12.5 Å². The van der Waals surface area contributed by atoms with Crippen molar-refractivity contribution < 1.29 is 4.79 Å². The Morgan fingerprint density at radius 3 is 2.32 bits per heavy atom. The molecule has 0 aromatic heterocycles. The summed E-state index contributed by atoms with van der Waals surface area (Å²) in [6.07, 6.45) is 9.49. The molecule has 6 nitrogen and oxygen atoms in total. The Morgan fingerprint density at radius 2 is 1.68 bits per heavy atom. The second-order valence-corrected chi connectivity index (χ2v) is 7.36. The smallest absolute Gasteiger partial charge is 0.242 e. The summed E-state index contributed by atoms with van der Waals surface area (Å²) in [5.74, 6) is 0.817. The van der Waals surface area contributed by atoms with E-state index in [1.165, 1.54) is 32.2 Å². The van der Waals surface area contributed by atoms with E-state index in [0.717, 1.165) is 51.3 Å². The third-order valence-corrected chi connectivity index (χ3v) is 5.16. The molecule has 3 N–H and O–H groups in total. The zero-order chi connectivity index (χ0) is 17.9. The molecule has 1 aliphatic carbocycles. The number of carbonyl (C=O) groups excluding carboxylic acids is 1. The molecule has 2 fully saturated rings. The molecule has 0 atom stereocenters. The Kier molecular flexibility index (Phi) is 9.08. The minimum Gasteiger partial charge on any atom is -0.357 e. The Bertz CT molecular complexity index is 412. The monoisotopic (exact) mass is 351 g/mol. The fourth-order valence-electron chi connectivity index (χ4n) is 3.80. The third kappa shape index (κ3) is 7.63. The highest BCUT2D eigenvalue weighted by atomic mass is 16.1. The van der Waals surface area contributed by atoms with Gasteiger partial charge >= 0.3 is 0 Å². The quantitative estimate of drug-likeness (QED) is 0.484. The number of hydrogen-bond acceptors (Lipinski definition) is 3. The Balaban J connectivity index is 1.74. The van der Waals surface area contributed by atoms with E-state index >= 15 is 0 Å². The fraction of sp³-hybridized carbons (Fsp3) is 0.895. The molecule has 0 aromatic carbocycles. The zero-order valence-corrected chi connectivity index (χ0v) is 16.1. The van der Waals surface area contributed by atoms with Gasteiger partial charge in [0.05, 0.1) is 0 Å². The van der Waals surface area contributed by atoms with Crippen LogP contribution in [0.4, 0.5) is 0 Å². The number of rotatable bonds is 7. The molecule has 0 radical (unpaired) electrons. The number of nitrogens with zero attached hydrogens (tertiary/aromatic N) is 2. The van der Waals surface area contributed by atoms with E-state index in [2.05, 4.69) is 39.7 Å². The molecular formula is C19H37N5O. The van der Waals surface area contributed by atoms with Crippen LogP contribution in [0.25, 0.3) is 0 Å². The summed E-state index contributed by atoms with van der Waals surface area (Å²) in [7, 11) is 0. The van der Waals surface area contributed by atoms with Gasteiger partial charge in [0.15, 0.2) is 5.96 Å². The maximum Gasteiger partial charge on any atom is 0.242 e. The molecule has 0 spiro atoms. The van der Waals surface area contributed by atoms with Crippen molar-refractivity contribution >= 4 is 11.9 Å². The van der Waals surface area contributed by atoms with Crippen molar-refractivity contribution in [3.05, 3.63) is 0 Å². The molecule has 1 saturated carbocycles. The topological polar surface area (TPSA) is 68.8 Å². The average molecular weight is 352 g/mol. The third-order valence-electron chi connectivity index (χ3n) is 5.16. The van der Waals surface area contributed by atoms with Crippen molar-refractivity contribution in [1.29, 1.82) is 0 Å². The van der Waals surface area contributed by atoms with Crippen LogP contribution in [0.15, 0.2) is 4.99 Å². The predicted octanol–water partition coefficient (Wildman–Crippen LogP) is 1.86. The first-order chi connectivity index (χ1) is 12.2. The van der Waals surface area contributed by atoms with Gasteiger partial charge in [-0.15, -0.1) is 0 Å². The summed E-state index contributed by atoms with van der Waals surface area (Å²) in [5.41, 5.74) is 0. The van der Waals surface area contributed by atoms with Crippen LogP contribution in [0.2, 0.25) is 0 Å². The van der Waals surface area contributed by atoms with Gasteiger partial charge in [-0.3, -0.25) is 4.79 Å². The van der Waals surface area contributed by atoms with Crippen LogP contribution in [-0.2, 0) is 4.79 Å². The van der Waals surface area contributed by atoms with Crippen LogP contribution in [0, 0.1) is 0 Å². The Morgan fingerprint density at radius 1 is 1.00 bits per heavy atom. The summed E-state index contributed by atoms with van der Waals surface area (Å²) in [6.45, 7) is 8.80. The lowest BCUT2D eigenvalue weighted by Crippen LogP contribution is -2.49. The summed E-state index contributed by atoms with van der Waals surface area (Å²) >= 11 is 0. The van der Waals surface area contributed by atoms with Crippen LogP contribution in [0.3, 0.4) is 0 Å². The Hall–Kier alpha value is -1.30. The lowest BCUT2D eigenvalue weighted by Gasteiger charge is -2.32. The van der Waals surface area contributed by atoms with Gasteiger partial charge in [-0.05, 0) is 45.6 Å². The first-order valence-corrected chi connectivity index (χ1v) is 10.3. The molecule has 6 heteroatoms. The van der Waals surface area contributed by atoms with Crippen molar-refractivity contribution in [2.24, 2.45) is 4.99 Å². The maximum atomic E-state index is 12.1. The minimum absolute atomic E-state index is 0.0434. The Labute approximate surface area is 153 Å². The van der Waals surface area contributed by atoms with Crippen LogP contribution in [0.5, 0.6) is 0 Å². The van der Waals surface area contributed by atoms with Crippen molar-refractivity contribution in [2.75, 3.05) is 32.7 Å². The SMILES string of the molecule is CCCN1CCC(NC(=NCC(=O)NC2CCCCC2)NCC)CC1. The fourth-order valence-corrected chi connectivity index (χ4v) is 3.80. The number of piperidine rings is 1. The summed E-state index contributed by atoms with van der Waals surface area (Å²) in [5, 5.41) is 9.91. The van der Waals surface area contributed by atoms with E-state index in [1.54, 1.807) is 0 Å². The lowest BCUT2D eigenvalue weighted by atomic mass is 9.95. The van der Waals surface area contributed by atoms with Gasteiger partial charge in [0.2, 0.25) is 5.91 Å². The normalized spacial score (nSPS) is 21.1. The van der Waals surface area contributed by atoms with Crippen molar-refractivity contribution in [1.82, 2.24) is 20.9 Å². The standard InChI is InChI=1S/C19H37N5O/c1-3-12-24-13-10-17(11-14-24)23-19(20-4-2)21-15-18(25)22-16-8-6-5-7-9-16/h16-17H,3-15H2,1-2H3,(H,22,25)(H2,20,21,23). The molecule has 2 rings (SSSR count).